The molecule has 0 aliphatic heterocycles. The summed E-state index contributed by atoms with van der Waals surface area (Å²) in [6, 6.07) is 0. The summed E-state index contributed by atoms with van der Waals surface area (Å²) in [5.74, 6) is 0. The van der Waals surface area contributed by atoms with Gasteiger partial charge in [-0.15, -0.1) is 0 Å². The minimum atomic E-state index is 0.896. The lowest BCUT2D eigenvalue weighted by Gasteiger charge is -1.82. The minimum absolute atomic E-state index is 0.896. The van der Waals surface area contributed by atoms with Crippen LogP contribution in [0.1, 0.15) is 18.2 Å². The standard InChI is InChI=1S/C6H8NO/c1-3-6-5(2)4-8-7-6/h4H,2-3H2,1H3. The molecule has 0 atom stereocenters. The van der Waals surface area contributed by atoms with Crippen molar-refractivity contribution >= 4 is 0 Å². The Morgan fingerprint density at radius 3 is 2.88 bits per heavy atom. The molecule has 8 heavy (non-hydrogen) atoms. The summed E-state index contributed by atoms with van der Waals surface area (Å²) < 4.78 is 4.62. The Morgan fingerprint density at radius 2 is 2.62 bits per heavy atom. The molecule has 1 rings (SSSR count). The van der Waals surface area contributed by atoms with Crippen LogP contribution in [-0.2, 0) is 6.42 Å². The molecule has 0 bridgehead atoms. The summed E-state index contributed by atoms with van der Waals surface area (Å²) in [5, 5.41) is 3.70. The Morgan fingerprint density at radius 1 is 1.88 bits per heavy atom. The molecule has 0 saturated carbocycles. The van der Waals surface area contributed by atoms with Crippen LogP contribution in [0, 0.1) is 6.92 Å². The normalized spacial score (nSPS) is 9.75. The zero-order chi connectivity index (χ0) is 5.98. The van der Waals surface area contributed by atoms with E-state index in [0.717, 1.165) is 17.7 Å². The van der Waals surface area contributed by atoms with Crippen molar-refractivity contribution in [3.63, 3.8) is 0 Å². The molecule has 0 spiro atoms. The largest absolute Gasteiger partial charge is 0.364 e. The van der Waals surface area contributed by atoms with E-state index in [2.05, 4.69) is 16.6 Å². The summed E-state index contributed by atoms with van der Waals surface area (Å²) in [5.41, 5.74) is 1.84. The van der Waals surface area contributed by atoms with Crippen molar-refractivity contribution in [2.24, 2.45) is 0 Å². The zero-order valence-corrected chi connectivity index (χ0v) is 4.85. The van der Waals surface area contributed by atoms with Gasteiger partial charge in [0.25, 0.3) is 0 Å². The number of aromatic nitrogens is 1. The first-order chi connectivity index (χ1) is 3.84. The third-order valence-corrected chi connectivity index (χ3v) is 1.06. The maximum absolute atomic E-state index is 4.62. The quantitative estimate of drug-likeness (QED) is 0.546. The van der Waals surface area contributed by atoms with Gasteiger partial charge in [0, 0.05) is 5.56 Å². The van der Waals surface area contributed by atoms with Gasteiger partial charge in [-0.1, -0.05) is 12.1 Å². The van der Waals surface area contributed by atoms with Crippen LogP contribution in [0.3, 0.4) is 0 Å². The highest BCUT2D eigenvalue weighted by atomic mass is 16.5. The molecule has 0 saturated heterocycles. The number of rotatable bonds is 1. The molecule has 0 aliphatic rings. The topological polar surface area (TPSA) is 26.0 Å². The van der Waals surface area contributed by atoms with E-state index in [1.165, 1.54) is 0 Å². The predicted octanol–water partition coefficient (Wildman–Crippen LogP) is 1.42. The Labute approximate surface area is 48.5 Å². The predicted molar refractivity (Wildman–Crippen MR) is 30.3 cm³/mol. The molecule has 2 heteroatoms. The van der Waals surface area contributed by atoms with E-state index in [0.29, 0.717) is 0 Å². The van der Waals surface area contributed by atoms with Crippen LogP contribution in [0.15, 0.2) is 10.8 Å². The van der Waals surface area contributed by atoms with Crippen molar-refractivity contribution in [2.75, 3.05) is 0 Å². The molecule has 1 aromatic heterocycles. The molecule has 1 heterocycles. The van der Waals surface area contributed by atoms with Crippen molar-refractivity contribution < 1.29 is 4.52 Å². The van der Waals surface area contributed by atoms with Gasteiger partial charge in [-0.2, -0.15) is 0 Å². The Balaban J connectivity index is 2.92. The maximum atomic E-state index is 4.62. The van der Waals surface area contributed by atoms with E-state index >= 15 is 0 Å². The molecule has 1 radical (unpaired) electrons. The Hall–Kier alpha value is -0.790. The van der Waals surface area contributed by atoms with Gasteiger partial charge in [-0.25, -0.2) is 0 Å². The van der Waals surface area contributed by atoms with Gasteiger partial charge >= 0.3 is 0 Å². The fraction of sp³-hybridized carbons (Fsp3) is 0.333. The lowest BCUT2D eigenvalue weighted by Crippen LogP contribution is -1.79. The molecule has 0 amide bonds. The summed E-state index contributed by atoms with van der Waals surface area (Å²) in [7, 11) is 0. The van der Waals surface area contributed by atoms with E-state index in [1.54, 1.807) is 6.26 Å². The highest BCUT2D eigenvalue weighted by Crippen LogP contribution is 2.03. The lowest BCUT2D eigenvalue weighted by molar-refractivity contribution is 0.412. The second-order valence-corrected chi connectivity index (χ2v) is 1.64. The first-order valence-corrected chi connectivity index (χ1v) is 2.59. The number of aryl methyl sites for hydroxylation is 1. The van der Waals surface area contributed by atoms with Crippen molar-refractivity contribution in [3.8, 4) is 0 Å². The summed E-state index contributed by atoms with van der Waals surface area (Å²) in [4.78, 5) is 0. The smallest absolute Gasteiger partial charge is 0.127 e. The van der Waals surface area contributed by atoms with Crippen LogP contribution >= 0.6 is 0 Å². The average molecular weight is 110 g/mol. The molecule has 0 fully saturated rings. The van der Waals surface area contributed by atoms with E-state index in [1.807, 2.05) is 6.92 Å². The van der Waals surface area contributed by atoms with Gasteiger partial charge in [-0.3, -0.25) is 0 Å². The minimum Gasteiger partial charge on any atom is -0.364 e. The van der Waals surface area contributed by atoms with Crippen LogP contribution in [0.4, 0.5) is 0 Å². The van der Waals surface area contributed by atoms with Gasteiger partial charge < -0.3 is 4.52 Å². The molecule has 0 aromatic carbocycles. The third kappa shape index (κ3) is 0.735. The highest BCUT2D eigenvalue weighted by Gasteiger charge is 1.96. The Bertz CT molecular complexity index is 169. The maximum Gasteiger partial charge on any atom is 0.127 e. The Kier molecular flexibility index (Phi) is 1.33. The SMILES string of the molecule is [CH2]c1conc1CC. The van der Waals surface area contributed by atoms with Crippen molar-refractivity contribution in [3.05, 3.63) is 24.4 Å². The van der Waals surface area contributed by atoms with E-state index < -0.39 is 0 Å². The average Bonchev–Trinajstić information content (AvgIpc) is 2.14. The molecular formula is C6H8NO. The second kappa shape index (κ2) is 1.99. The van der Waals surface area contributed by atoms with E-state index in [-0.39, 0.29) is 0 Å². The third-order valence-electron chi connectivity index (χ3n) is 1.06. The first kappa shape index (κ1) is 5.35. The summed E-state index contributed by atoms with van der Waals surface area (Å²) in [6.45, 7) is 5.72. The van der Waals surface area contributed by atoms with Gasteiger partial charge in [0.2, 0.25) is 0 Å². The molecule has 0 aliphatic carbocycles. The molecule has 2 nitrogen and oxygen atoms in total. The van der Waals surface area contributed by atoms with Crippen LogP contribution in [0.25, 0.3) is 0 Å². The van der Waals surface area contributed by atoms with Crippen molar-refractivity contribution in [1.82, 2.24) is 5.16 Å². The van der Waals surface area contributed by atoms with Gasteiger partial charge in [-0.05, 0) is 13.3 Å². The molecule has 0 N–H and O–H groups in total. The summed E-state index contributed by atoms with van der Waals surface area (Å²) >= 11 is 0. The first-order valence-electron chi connectivity index (χ1n) is 2.59. The lowest BCUT2D eigenvalue weighted by atomic mass is 10.2. The van der Waals surface area contributed by atoms with Crippen LogP contribution in [0.5, 0.6) is 0 Å². The van der Waals surface area contributed by atoms with Crippen LogP contribution < -0.4 is 0 Å². The fourth-order valence-electron chi connectivity index (χ4n) is 0.572. The number of hydrogen-bond donors (Lipinski definition) is 0. The van der Waals surface area contributed by atoms with Gasteiger partial charge in [0.1, 0.15) is 6.26 Å². The van der Waals surface area contributed by atoms with Crippen LogP contribution in [0.2, 0.25) is 0 Å². The van der Waals surface area contributed by atoms with Crippen molar-refractivity contribution in [1.29, 1.82) is 0 Å². The number of nitrogens with zero attached hydrogens (tertiary/aromatic N) is 1. The summed E-state index contributed by atoms with van der Waals surface area (Å²) in [6.07, 6.45) is 2.45. The van der Waals surface area contributed by atoms with Crippen molar-refractivity contribution in [2.45, 2.75) is 13.3 Å². The highest BCUT2D eigenvalue weighted by molar-refractivity contribution is 5.16. The fourth-order valence-corrected chi connectivity index (χ4v) is 0.572. The molecule has 1 aromatic rings. The number of hydrogen-bond acceptors (Lipinski definition) is 2. The molecular weight excluding hydrogens is 102 g/mol. The van der Waals surface area contributed by atoms with E-state index in [9.17, 15) is 0 Å². The van der Waals surface area contributed by atoms with Gasteiger partial charge in [0.15, 0.2) is 0 Å². The van der Waals surface area contributed by atoms with E-state index in [4.69, 9.17) is 0 Å². The van der Waals surface area contributed by atoms with Gasteiger partial charge in [0.05, 0.1) is 5.69 Å². The monoisotopic (exact) mass is 110 g/mol. The van der Waals surface area contributed by atoms with Crippen LogP contribution in [-0.4, -0.2) is 5.16 Å². The second-order valence-electron chi connectivity index (χ2n) is 1.64. The molecule has 43 valence electrons. The molecule has 0 unspecified atom stereocenters. The zero-order valence-electron chi connectivity index (χ0n) is 4.85.